The number of imidazole rings is 1. The van der Waals surface area contributed by atoms with E-state index in [1.54, 1.807) is 18.5 Å². The van der Waals surface area contributed by atoms with Crippen molar-refractivity contribution in [3.63, 3.8) is 0 Å². The molecule has 6 heteroatoms. The molecule has 1 N–H and O–H groups in total. The van der Waals surface area contributed by atoms with Gasteiger partial charge in [-0.25, -0.2) is 9.37 Å². The summed E-state index contributed by atoms with van der Waals surface area (Å²) in [7, 11) is 1.94. The zero-order valence-electron chi connectivity index (χ0n) is 13.3. The molecule has 2 aromatic rings. The van der Waals surface area contributed by atoms with E-state index in [0.717, 1.165) is 25.2 Å². The van der Waals surface area contributed by atoms with Crippen molar-refractivity contribution in [1.29, 1.82) is 0 Å². The first-order valence-corrected chi connectivity index (χ1v) is 7.82. The second kappa shape index (κ2) is 6.68. The Bertz CT molecular complexity index is 644. The lowest BCUT2D eigenvalue weighted by atomic mass is 9.93. The smallest absolute Gasteiger partial charge is 0.123 e. The van der Waals surface area contributed by atoms with Gasteiger partial charge in [-0.15, -0.1) is 0 Å². The van der Waals surface area contributed by atoms with Gasteiger partial charge in [0, 0.05) is 26.3 Å². The van der Waals surface area contributed by atoms with E-state index in [-0.39, 0.29) is 12.4 Å². The van der Waals surface area contributed by atoms with Crippen LogP contribution in [0.15, 0.2) is 36.8 Å². The number of hydrogen-bond acceptors (Lipinski definition) is 4. The lowest BCUT2D eigenvalue weighted by Crippen LogP contribution is -2.51. The molecule has 0 amide bonds. The first-order chi connectivity index (χ1) is 11.0. The third-order valence-electron chi connectivity index (χ3n) is 4.10. The number of ether oxygens (including phenoxy) is 1. The summed E-state index contributed by atoms with van der Waals surface area (Å²) in [6.07, 6.45) is 5.38. The molecule has 23 heavy (non-hydrogen) atoms. The Balaban J connectivity index is 1.56. The van der Waals surface area contributed by atoms with E-state index in [1.807, 2.05) is 17.8 Å². The van der Waals surface area contributed by atoms with Crippen LogP contribution >= 0.6 is 0 Å². The second-order valence-electron chi connectivity index (χ2n) is 6.31. The summed E-state index contributed by atoms with van der Waals surface area (Å²) in [5, 5.41) is 10.8. The molecule has 0 radical (unpaired) electrons. The van der Waals surface area contributed by atoms with E-state index < -0.39 is 5.60 Å². The number of halogens is 1. The van der Waals surface area contributed by atoms with E-state index in [0.29, 0.717) is 18.7 Å². The van der Waals surface area contributed by atoms with Gasteiger partial charge in [-0.2, -0.15) is 0 Å². The van der Waals surface area contributed by atoms with Crippen molar-refractivity contribution in [3.05, 3.63) is 48.3 Å². The molecule has 0 aliphatic carbocycles. The molecule has 1 fully saturated rings. The molecular weight excluding hydrogens is 297 g/mol. The number of aromatic nitrogens is 2. The van der Waals surface area contributed by atoms with Crippen LogP contribution in [-0.4, -0.2) is 44.9 Å². The van der Waals surface area contributed by atoms with Gasteiger partial charge in [0.25, 0.3) is 0 Å². The maximum absolute atomic E-state index is 12.9. The summed E-state index contributed by atoms with van der Waals surface area (Å²) in [4.78, 5) is 6.53. The predicted octanol–water partition coefficient (Wildman–Crippen LogP) is 1.97. The summed E-state index contributed by atoms with van der Waals surface area (Å²) in [5.41, 5.74) is 0.109. The Labute approximate surface area is 135 Å². The minimum atomic E-state index is -0.887. The van der Waals surface area contributed by atoms with Crippen LogP contribution in [-0.2, 0) is 13.6 Å². The van der Waals surface area contributed by atoms with Crippen molar-refractivity contribution in [3.8, 4) is 5.75 Å². The lowest BCUT2D eigenvalue weighted by Gasteiger charge is -2.38. The van der Waals surface area contributed by atoms with E-state index >= 15 is 0 Å². The number of β-amino-alcohol motifs (C(OH)–C–C–N with tert-alkyl or cyclic N) is 1. The normalized spacial score (nSPS) is 22.2. The van der Waals surface area contributed by atoms with Gasteiger partial charge >= 0.3 is 0 Å². The van der Waals surface area contributed by atoms with Crippen LogP contribution in [0.5, 0.6) is 5.75 Å². The summed E-state index contributed by atoms with van der Waals surface area (Å²) >= 11 is 0. The minimum absolute atomic E-state index is 0.206. The fourth-order valence-corrected chi connectivity index (χ4v) is 2.99. The number of aliphatic hydroxyl groups is 1. The summed E-state index contributed by atoms with van der Waals surface area (Å²) < 4.78 is 20.5. The molecule has 0 bridgehead atoms. The van der Waals surface area contributed by atoms with E-state index in [2.05, 4.69) is 9.88 Å². The molecule has 1 saturated heterocycles. The Morgan fingerprint density at radius 3 is 2.83 bits per heavy atom. The number of aryl methyl sites for hydroxylation is 1. The minimum Gasteiger partial charge on any atom is -0.491 e. The fourth-order valence-electron chi connectivity index (χ4n) is 2.99. The molecule has 1 aromatic carbocycles. The fraction of sp³-hybridized carbons (Fsp3) is 0.471. The van der Waals surface area contributed by atoms with Crippen molar-refractivity contribution in [2.24, 2.45) is 7.05 Å². The molecule has 1 aliphatic heterocycles. The van der Waals surface area contributed by atoms with Crippen LogP contribution in [0.25, 0.3) is 0 Å². The zero-order valence-corrected chi connectivity index (χ0v) is 13.3. The monoisotopic (exact) mass is 319 g/mol. The molecular formula is C17H22FN3O2. The van der Waals surface area contributed by atoms with Crippen molar-refractivity contribution >= 4 is 0 Å². The number of hydrogen-bond donors (Lipinski definition) is 1. The largest absolute Gasteiger partial charge is 0.491 e. The van der Waals surface area contributed by atoms with Gasteiger partial charge in [0.05, 0.1) is 12.0 Å². The number of piperidine rings is 1. The van der Waals surface area contributed by atoms with Crippen LogP contribution < -0.4 is 4.74 Å². The predicted molar refractivity (Wildman–Crippen MR) is 84.6 cm³/mol. The van der Waals surface area contributed by atoms with Crippen LogP contribution in [0.1, 0.15) is 18.5 Å². The molecule has 1 atom stereocenters. The molecule has 3 rings (SSSR count). The highest BCUT2D eigenvalue weighted by Gasteiger charge is 2.34. The van der Waals surface area contributed by atoms with Crippen molar-refractivity contribution < 1.29 is 14.2 Å². The highest BCUT2D eigenvalue weighted by molar-refractivity contribution is 5.22. The van der Waals surface area contributed by atoms with Gasteiger partial charge in [-0.05, 0) is 43.7 Å². The topological polar surface area (TPSA) is 50.5 Å². The van der Waals surface area contributed by atoms with Crippen LogP contribution in [0.3, 0.4) is 0 Å². The average molecular weight is 319 g/mol. The van der Waals surface area contributed by atoms with Crippen LogP contribution in [0.4, 0.5) is 4.39 Å². The van der Waals surface area contributed by atoms with Crippen LogP contribution in [0, 0.1) is 5.82 Å². The van der Waals surface area contributed by atoms with E-state index in [9.17, 15) is 9.50 Å². The Hall–Kier alpha value is -1.92. The lowest BCUT2D eigenvalue weighted by molar-refractivity contribution is -0.0623. The highest BCUT2D eigenvalue weighted by Crippen LogP contribution is 2.24. The Morgan fingerprint density at radius 2 is 2.13 bits per heavy atom. The zero-order chi connectivity index (χ0) is 16.3. The molecule has 1 aromatic heterocycles. The quantitative estimate of drug-likeness (QED) is 0.915. The molecule has 0 unspecified atom stereocenters. The summed E-state index contributed by atoms with van der Waals surface area (Å²) in [6.45, 7) is 2.41. The van der Waals surface area contributed by atoms with Crippen LogP contribution in [0.2, 0.25) is 0 Å². The maximum atomic E-state index is 12.9. The Kier molecular flexibility index (Phi) is 4.63. The van der Waals surface area contributed by atoms with Gasteiger partial charge in [0.2, 0.25) is 0 Å². The number of nitrogens with zero attached hydrogens (tertiary/aromatic N) is 3. The summed E-state index contributed by atoms with van der Waals surface area (Å²) in [6, 6.07) is 5.86. The number of benzene rings is 1. The Morgan fingerprint density at radius 1 is 1.35 bits per heavy atom. The maximum Gasteiger partial charge on any atom is 0.123 e. The molecule has 0 spiro atoms. The number of rotatable bonds is 5. The SMILES string of the molecule is Cn1cnc(CN2CCC[C@](O)(COc3ccc(F)cc3)C2)c1. The van der Waals surface area contributed by atoms with Gasteiger partial charge < -0.3 is 14.4 Å². The van der Waals surface area contributed by atoms with Crippen molar-refractivity contribution in [2.75, 3.05) is 19.7 Å². The first-order valence-electron chi connectivity index (χ1n) is 7.82. The molecule has 124 valence electrons. The number of likely N-dealkylation sites (tertiary alicyclic amines) is 1. The average Bonchev–Trinajstić information content (AvgIpc) is 2.92. The molecule has 2 heterocycles. The highest BCUT2D eigenvalue weighted by atomic mass is 19.1. The van der Waals surface area contributed by atoms with Gasteiger partial charge in [-0.3, -0.25) is 4.90 Å². The second-order valence-corrected chi connectivity index (χ2v) is 6.31. The molecule has 1 aliphatic rings. The van der Waals surface area contributed by atoms with Crippen molar-refractivity contribution in [1.82, 2.24) is 14.5 Å². The van der Waals surface area contributed by atoms with E-state index in [1.165, 1.54) is 12.1 Å². The standard InChI is InChI=1S/C17H22FN3O2/c1-20-9-15(19-13-20)10-21-8-2-7-17(22,11-21)12-23-16-5-3-14(18)4-6-16/h3-6,9,13,22H,2,7-8,10-12H2,1H3/t17-/m1/s1. The third-order valence-corrected chi connectivity index (χ3v) is 4.10. The first kappa shape index (κ1) is 16.0. The van der Waals surface area contributed by atoms with Gasteiger partial charge in [-0.1, -0.05) is 0 Å². The molecule has 0 saturated carbocycles. The van der Waals surface area contributed by atoms with Gasteiger partial charge in [0.1, 0.15) is 23.8 Å². The van der Waals surface area contributed by atoms with E-state index in [4.69, 9.17) is 4.74 Å². The van der Waals surface area contributed by atoms with Crippen molar-refractivity contribution in [2.45, 2.75) is 25.0 Å². The van der Waals surface area contributed by atoms with Gasteiger partial charge in [0.15, 0.2) is 0 Å². The molecule has 5 nitrogen and oxygen atoms in total. The summed E-state index contributed by atoms with van der Waals surface area (Å²) in [5.74, 6) is 0.275. The third kappa shape index (κ3) is 4.30.